The maximum Gasteiger partial charge on any atom is 0.135 e. The minimum absolute atomic E-state index is 0.223. The molecule has 4 rings (SSSR count). The Labute approximate surface area is 223 Å². The number of dihydropyridines is 1. The summed E-state index contributed by atoms with van der Waals surface area (Å²) in [5, 5.41) is 15.1. The van der Waals surface area contributed by atoms with Crippen LogP contribution in [-0.4, -0.2) is 60.3 Å². The number of nitrogens with one attached hydrogen (secondary N) is 3. The van der Waals surface area contributed by atoms with E-state index in [2.05, 4.69) is 86.6 Å². The fourth-order valence-corrected chi connectivity index (χ4v) is 5.66. The van der Waals surface area contributed by atoms with E-state index >= 15 is 0 Å². The fraction of sp³-hybridized carbons (Fsp3) is 0.484. The molecule has 198 valence electrons. The number of nitrogens with zero attached hydrogens (tertiary/aromatic N) is 3. The molecule has 1 aromatic rings. The molecule has 0 bridgehead atoms. The summed E-state index contributed by atoms with van der Waals surface area (Å²) in [7, 11) is 2.21. The number of pyridine rings is 1. The van der Waals surface area contributed by atoms with Gasteiger partial charge < -0.3 is 25.8 Å². The van der Waals surface area contributed by atoms with Crippen molar-refractivity contribution in [2.45, 2.75) is 59.4 Å². The molecule has 0 atom stereocenters. The largest absolute Gasteiger partial charge is 0.371 e. The summed E-state index contributed by atoms with van der Waals surface area (Å²) in [6, 6.07) is 2.42. The Hall–Kier alpha value is -3.12. The van der Waals surface area contributed by atoms with E-state index < -0.39 is 0 Å². The highest BCUT2D eigenvalue weighted by atomic mass is 15.2. The van der Waals surface area contributed by atoms with E-state index in [1.165, 1.54) is 41.5 Å². The number of piperidine rings is 1. The Morgan fingerprint density at radius 3 is 2.59 bits per heavy atom. The normalized spacial score (nSPS) is 19.5. The topological polar surface area (TPSA) is 67.3 Å². The molecule has 0 unspecified atom stereocenters. The maximum absolute atomic E-state index is 8.21. The highest BCUT2D eigenvalue weighted by Gasteiger charge is 2.25. The molecule has 3 aliphatic rings. The van der Waals surface area contributed by atoms with Crippen molar-refractivity contribution in [3.05, 3.63) is 76.4 Å². The summed E-state index contributed by atoms with van der Waals surface area (Å²) >= 11 is 0. The lowest BCUT2D eigenvalue weighted by Crippen LogP contribution is -2.36. The standard InChI is InChI=1S/C31H44N6/c1-20(2)33-31-29(19-32)27(17-28-21(3)16-22(4)34-23(28)5)18-30(35-31)26-10-14-37(15-11-26)24(6)25-8-12-36(7)13-9-25/h10,16,18-20,25,32,34H,5-6,8-9,11-15,17H2,1-4,7H3,(H,33,35). The zero-order valence-electron chi connectivity index (χ0n) is 23.4. The number of likely N-dealkylation sites (tertiary alicyclic amines) is 1. The van der Waals surface area contributed by atoms with Crippen molar-refractivity contribution in [1.29, 1.82) is 5.41 Å². The second-order valence-corrected chi connectivity index (χ2v) is 11.1. The van der Waals surface area contributed by atoms with E-state index in [4.69, 9.17) is 10.4 Å². The van der Waals surface area contributed by atoms with Crippen LogP contribution in [0.5, 0.6) is 0 Å². The van der Waals surface area contributed by atoms with Gasteiger partial charge in [-0.3, -0.25) is 0 Å². The van der Waals surface area contributed by atoms with Crippen molar-refractivity contribution < 1.29 is 0 Å². The van der Waals surface area contributed by atoms with Crippen LogP contribution in [0.2, 0.25) is 0 Å². The average Bonchev–Trinajstić information content (AvgIpc) is 2.86. The van der Waals surface area contributed by atoms with Gasteiger partial charge in [0.15, 0.2) is 0 Å². The molecule has 0 aromatic carbocycles. The minimum Gasteiger partial charge on any atom is -0.371 e. The molecule has 1 saturated heterocycles. The first-order chi connectivity index (χ1) is 17.7. The van der Waals surface area contributed by atoms with Crippen molar-refractivity contribution in [3.8, 4) is 0 Å². The van der Waals surface area contributed by atoms with Crippen molar-refractivity contribution in [2.75, 3.05) is 38.5 Å². The molecule has 0 amide bonds. The van der Waals surface area contributed by atoms with Crippen LogP contribution in [0, 0.1) is 11.3 Å². The summed E-state index contributed by atoms with van der Waals surface area (Å²) in [6.07, 6.45) is 9.99. The fourth-order valence-electron chi connectivity index (χ4n) is 5.66. The van der Waals surface area contributed by atoms with E-state index in [0.29, 0.717) is 12.3 Å². The van der Waals surface area contributed by atoms with Crippen molar-refractivity contribution in [1.82, 2.24) is 20.1 Å². The van der Waals surface area contributed by atoms with Gasteiger partial charge in [0.1, 0.15) is 5.82 Å². The molecule has 0 saturated carbocycles. The Morgan fingerprint density at radius 2 is 2.00 bits per heavy atom. The van der Waals surface area contributed by atoms with Gasteiger partial charge in [-0.05, 0) is 102 Å². The summed E-state index contributed by atoms with van der Waals surface area (Å²) < 4.78 is 0. The van der Waals surface area contributed by atoms with Crippen LogP contribution < -0.4 is 10.6 Å². The van der Waals surface area contributed by atoms with E-state index in [9.17, 15) is 0 Å². The SMILES string of the molecule is C=C1NC(C)=CC(C)=C1Cc1cc(C2=CCN(C(=C)C3CCN(C)CC3)CC2)nc(NC(C)C)c1C=N. The zero-order valence-corrected chi connectivity index (χ0v) is 23.4. The van der Waals surface area contributed by atoms with Crippen molar-refractivity contribution in [3.63, 3.8) is 0 Å². The highest BCUT2D eigenvalue weighted by molar-refractivity contribution is 5.88. The second kappa shape index (κ2) is 11.5. The van der Waals surface area contributed by atoms with E-state index in [1.807, 2.05) is 0 Å². The number of rotatable bonds is 8. The monoisotopic (exact) mass is 500 g/mol. The van der Waals surface area contributed by atoms with Gasteiger partial charge in [0.05, 0.1) is 5.69 Å². The van der Waals surface area contributed by atoms with Crippen molar-refractivity contribution in [2.24, 2.45) is 5.92 Å². The van der Waals surface area contributed by atoms with Gasteiger partial charge in [0, 0.05) is 60.3 Å². The molecule has 0 aliphatic carbocycles. The molecule has 3 N–H and O–H groups in total. The number of anilines is 1. The molecule has 4 heterocycles. The lowest BCUT2D eigenvalue weighted by molar-refractivity contribution is 0.208. The Morgan fingerprint density at radius 1 is 1.27 bits per heavy atom. The smallest absolute Gasteiger partial charge is 0.135 e. The molecular weight excluding hydrogens is 456 g/mol. The van der Waals surface area contributed by atoms with E-state index in [1.54, 1.807) is 0 Å². The van der Waals surface area contributed by atoms with Crippen LogP contribution >= 0.6 is 0 Å². The average molecular weight is 501 g/mol. The first kappa shape index (κ1) is 26.9. The lowest BCUT2D eigenvalue weighted by Gasteiger charge is -2.37. The first-order valence-corrected chi connectivity index (χ1v) is 13.6. The molecule has 0 spiro atoms. The molecular formula is C31H44N6. The van der Waals surface area contributed by atoms with Gasteiger partial charge >= 0.3 is 0 Å². The highest BCUT2D eigenvalue weighted by Crippen LogP contribution is 2.33. The van der Waals surface area contributed by atoms with Crippen LogP contribution in [-0.2, 0) is 6.42 Å². The Balaban J connectivity index is 1.62. The summed E-state index contributed by atoms with van der Waals surface area (Å²) in [5.41, 5.74) is 9.98. The molecule has 0 radical (unpaired) electrons. The van der Waals surface area contributed by atoms with Gasteiger partial charge in [-0.1, -0.05) is 19.2 Å². The number of hydrogen-bond acceptors (Lipinski definition) is 6. The molecule has 3 aliphatic heterocycles. The first-order valence-electron chi connectivity index (χ1n) is 13.6. The third kappa shape index (κ3) is 6.24. The summed E-state index contributed by atoms with van der Waals surface area (Å²) in [4.78, 5) is 9.91. The number of hydrogen-bond donors (Lipinski definition) is 3. The zero-order chi connectivity index (χ0) is 26.7. The lowest BCUT2D eigenvalue weighted by atomic mass is 9.91. The van der Waals surface area contributed by atoms with Crippen LogP contribution in [0.4, 0.5) is 5.82 Å². The predicted molar refractivity (Wildman–Crippen MR) is 157 cm³/mol. The minimum atomic E-state index is 0.223. The van der Waals surface area contributed by atoms with Gasteiger partial charge in [-0.15, -0.1) is 0 Å². The van der Waals surface area contributed by atoms with Crippen LogP contribution in [0.3, 0.4) is 0 Å². The third-order valence-corrected chi connectivity index (χ3v) is 7.84. The van der Waals surface area contributed by atoms with E-state index in [0.717, 1.165) is 66.6 Å². The molecule has 1 fully saturated rings. The van der Waals surface area contributed by atoms with Crippen LogP contribution in [0.15, 0.2) is 59.6 Å². The third-order valence-electron chi connectivity index (χ3n) is 7.84. The maximum atomic E-state index is 8.21. The molecule has 6 heteroatoms. The number of aromatic nitrogens is 1. The number of allylic oxidation sites excluding steroid dienone is 5. The molecule has 1 aromatic heterocycles. The quantitative estimate of drug-likeness (QED) is 0.398. The van der Waals surface area contributed by atoms with Gasteiger partial charge in [-0.2, -0.15) is 0 Å². The van der Waals surface area contributed by atoms with Gasteiger partial charge in [-0.25, -0.2) is 4.98 Å². The van der Waals surface area contributed by atoms with Crippen LogP contribution in [0.25, 0.3) is 5.57 Å². The van der Waals surface area contributed by atoms with Crippen LogP contribution in [0.1, 0.15) is 63.8 Å². The summed E-state index contributed by atoms with van der Waals surface area (Å²) in [6.45, 7) is 21.4. The Kier molecular flexibility index (Phi) is 8.38. The molecule has 37 heavy (non-hydrogen) atoms. The second-order valence-electron chi connectivity index (χ2n) is 11.1. The molecule has 6 nitrogen and oxygen atoms in total. The van der Waals surface area contributed by atoms with Crippen molar-refractivity contribution >= 4 is 17.6 Å². The Bertz CT molecular complexity index is 1160. The summed E-state index contributed by atoms with van der Waals surface area (Å²) in [5.74, 6) is 1.38. The van der Waals surface area contributed by atoms with Gasteiger partial charge in [0.2, 0.25) is 0 Å². The van der Waals surface area contributed by atoms with E-state index in [-0.39, 0.29) is 6.04 Å². The van der Waals surface area contributed by atoms with Gasteiger partial charge in [0.25, 0.3) is 0 Å². The predicted octanol–water partition coefficient (Wildman–Crippen LogP) is 5.72.